The molecule has 0 radical (unpaired) electrons. The SMILES string of the molecule is Cc1ccc(C(N)c2ccccc2)c(N2CCN(Cc3ccccc3)CC2)c1. The predicted molar refractivity (Wildman–Crippen MR) is 118 cm³/mol. The molecule has 4 rings (SSSR count). The second kappa shape index (κ2) is 8.59. The second-order valence-corrected chi connectivity index (χ2v) is 7.70. The molecule has 3 aromatic rings. The molecule has 3 heteroatoms. The van der Waals surface area contributed by atoms with Gasteiger partial charge in [0.1, 0.15) is 0 Å². The van der Waals surface area contributed by atoms with Crippen LogP contribution in [0.2, 0.25) is 0 Å². The fourth-order valence-electron chi connectivity index (χ4n) is 4.02. The number of rotatable bonds is 5. The summed E-state index contributed by atoms with van der Waals surface area (Å²) in [5.74, 6) is 0. The van der Waals surface area contributed by atoms with Gasteiger partial charge in [0.15, 0.2) is 0 Å². The van der Waals surface area contributed by atoms with Gasteiger partial charge in [0.05, 0.1) is 6.04 Å². The molecule has 0 spiro atoms. The van der Waals surface area contributed by atoms with Gasteiger partial charge in [-0.2, -0.15) is 0 Å². The molecule has 0 bridgehead atoms. The van der Waals surface area contributed by atoms with Gasteiger partial charge in [0.25, 0.3) is 0 Å². The highest BCUT2D eigenvalue weighted by molar-refractivity contribution is 5.59. The minimum atomic E-state index is -0.0980. The Balaban J connectivity index is 1.49. The van der Waals surface area contributed by atoms with Crippen LogP contribution in [0, 0.1) is 6.92 Å². The van der Waals surface area contributed by atoms with Crippen molar-refractivity contribution in [1.29, 1.82) is 0 Å². The maximum atomic E-state index is 6.67. The molecule has 1 fully saturated rings. The van der Waals surface area contributed by atoms with E-state index in [9.17, 15) is 0 Å². The third kappa shape index (κ3) is 4.27. The minimum Gasteiger partial charge on any atom is -0.369 e. The van der Waals surface area contributed by atoms with Crippen molar-refractivity contribution in [2.24, 2.45) is 5.73 Å². The summed E-state index contributed by atoms with van der Waals surface area (Å²) in [6, 6.07) is 27.7. The standard InChI is InChI=1S/C25H29N3/c1-20-12-13-23(25(26)22-10-6-3-7-11-22)24(18-20)28-16-14-27(15-17-28)19-21-8-4-2-5-9-21/h2-13,18,25H,14-17,19,26H2,1H3. The van der Waals surface area contributed by atoms with E-state index in [-0.39, 0.29) is 6.04 Å². The molecular formula is C25H29N3. The van der Waals surface area contributed by atoms with Crippen LogP contribution in [0.5, 0.6) is 0 Å². The van der Waals surface area contributed by atoms with Crippen molar-refractivity contribution in [1.82, 2.24) is 4.90 Å². The van der Waals surface area contributed by atoms with Gasteiger partial charge >= 0.3 is 0 Å². The molecular weight excluding hydrogens is 342 g/mol. The molecule has 1 unspecified atom stereocenters. The number of hydrogen-bond donors (Lipinski definition) is 1. The Morgan fingerprint density at radius 3 is 2.14 bits per heavy atom. The number of nitrogens with two attached hydrogens (primary N) is 1. The van der Waals surface area contributed by atoms with Crippen LogP contribution < -0.4 is 10.6 Å². The average Bonchev–Trinajstić information content (AvgIpc) is 2.75. The van der Waals surface area contributed by atoms with Crippen molar-refractivity contribution in [3.05, 3.63) is 101 Å². The van der Waals surface area contributed by atoms with Gasteiger partial charge in [-0.3, -0.25) is 4.90 Å². The second-order valence-electron chi connectivity index (χ2n) is 7.70. The molecule has 28 heavy (non-hydrogen) atoms. The van der Waals surface area contributed by atoms with Crippen LogP contribution >= 0.6 is 0 Å². The van der Waals surface area contributed by atoms with Crippen molar-refractivity contribution >= 4 is 5.69 Å². The van der Waals surface area contributed by atoms with Crippen LogP contribution in [0.25, 0.3) is 0 Å². The minimum absolute atomic E-state index is 0.0980. The quantitative estimate of drug-likeness (QED) is 0.723. The van der Waals surface area contributed by atoms with E-state index in [0.29, 0.717) is 0 Å². The van der Waals surface area contributed by atoms with Gasteiger partial charge in [0, 0.05) is 38.4 Å². The lowest BCUT2D eigenvalue weighted by Crippen LogP contribution is -2.46. The summed E-state index contributed by atoms with van der Waals surface area (Å²) in [6.07, 6.45) is 0. The lowest BCUT2D eigenvalue weighted by molar-refractivity contribution is 0.249. The zero-order valence-corrected chi connectivity index (χ0v) is 16.6. The molecule has 3 nitrogen and oxygen atoms in total. The van der Waals surface area contributed by atoms with Crippen molar-refractivity contribution in [2.45, 2.75) is 19.5 Å². The summed E-state index contributed by atoms with van der Waals surface area (Å²) in [4.78, 5) is 5.05. The zero-order valence-electron chi connectivity index (χ0n) is 16.6. The van der Waals surface area contributed by atoms with E-state index in [1.165, 1.54) is 22.4 Å². The van der Waals surface area contributed by atoms with Gasteiger partial charge in [-0.1, -0.05) is 72.8 Å². The maximum absolute atomic E-state index is 6.67. The summed E-state index contributed by atoms with van der Waals surface area (Å²) < 4.78 is 0. The molecule has 3 aromatic carbocycles. The molecule has 144 valence electrons. The lowest BCUT2D eigenvalue weighted by atomic mass is 9.96. The largest absolute Gasteiger partial charge is 0.369 e. The Morgan fingerprint density at radius 1 is 0.821 bits per heavy atom. The maximum Gasteiger partial charge on any atom is 0.0572 e. The highest BCUT2D eigenvalue weighted by Gasteiger charge is 2.22. The molecule has 1 aliphatic heterocycles. The molecule has 0 aliphatic carbocycles. The van der Waals surface area contributed by atoms with Crippen LogP contribution in [0.3, 0.4) is 0 Å². The van der Waals surface area contributed by atoms with Gasteiger partial charge in [0.2, 0.25) is 0 Å². The molecule has 0 aromatic heterocycles. The topological polar surface area (TPSA) is 32.5 Å². The fraction of sp³-hybridized carbons (Fsp3) is 0.280. The highest BCUT2D eigenvalue weighted by Crippen LogP contribution is 2.31. The smallest absolute Gasteiger partial charge is 0.0572 e. The van der Waals surface area contributed by atoms with E-state index in [4.69, 9.17) is 5.73 Å². The first-order valence-corrected chi connectivity index (χ1v) is 10.1. The average molecular weight is 372 g/mol. The van der Waals surface area contributed by atoms with Gasteiger partial charge in [-0.15, -0.1) is 0 Å². The van der Waals surface area contributed by atoms with E-state index >= 15 is 0 Å². The Kier molecular flexibility index (Phi) is 5.75. The first-order valence-electron chi connectivity index (χ1n) is 10.1. The number of anilines is 1. The zero-order chi connectivity index (χ0) is 19.3. The first-order chi connectivity index (χ1) is 13.7. The van der Waals surface area contributed by atoms with Crippen LogP contribution in [0.1, 0.15) is 28.3 Å². The van der Waals surface area contributed by atoms with Crippen molar-refractivity contribution in [3.63, 3.8) is 0 Å². The summed E-state index contributed by atoms with van der Waals surface area (Å²) in [7, 11) is 0. The summed E-state index contributed by atoms with van der Waals surface area (Å²) in [6.45, 7) is 7.40. The molecule has 0 amide bonds. The normalized spacial score (nSPS) is 16.1. The predicted octanol–water partition coefficient (Wildman–Crippen LogP) is 4.37. The van der Waals surface area contributed by atoms with E-state index in [1.807, 2.05) is 6.07 Å². The molecule has 2 N–H and O–H groups in total. The Morgan fingerprint density at radius 2 is 1.46 bits per heavy atom. The Labute approximate surface area is 168 Å². The highest BCUT2D eigenvalue weighted by atomic mass is 15.3. The van der Waals surface area contributed by atoms with Gasteiger partial charge < -0.3 is 10.6 Å². The summed E-state index contributed by atoms with van der Waals surface area (Å²) in [5.41, 5.74) is 13.0. The van der Waals surface area contributed by atoms with Crippen LogP contribution in [-0.2, 0) is 6.54 Å². The van der Waals surface area contributed by atoms with Crippen molar-refractivity contribution in [3.8, 4) is 0 Å². The van der Waals surface area contributed by atoms with Crippen LogP contribution in [0.15, 0.2) is 78.9 Å². The lowest BCUT2D eigenvalue weighted by Gasteiger charge is -2.38. The monoisotopic (exact) mass is 371 g/mol. The van der Waals surface area contributed by atoms with Gasteiger partial charge in [-0.05, 0) is 35.2 Å². The number of aryl methyl sites for hydroxylation is 1. The molecule has 1 heterocycles. The number of nitrogens with zero attached hydrogens (tertiary/aromatic N) is 2. The van der Waals surface area contributed by atoms with Gasteiger partial charge in [-0.25, -0.2) is 0 Å². The van der Waals surface area contributed by atoms with Crippen molar-refractivity contribution in [2.75, 3.05) is 31.1 Å². The Bertz CT molecular complexity index is 884. The fourth-order valence-corrected chi connectivity index (χ4v) is 4.02. The van der Waals surface area contributed by atoms with E-state index in [1.54, 1.807) is 0 Å². The van der Waals surface area contributed by atoms with Crippen LogP contribution in [0.4, 0.5) is 5.69 Å². The van der Waals surface area contributed by atoms with Crippen molar-refractivity contribution < 1.29 is 0 Å². The number of hydrogen-bond acceptors (Lipinski definition) is 3. The number of piperazine rings is 1. The third-order valence-corrected chi connectivity index (χ3v) is 5.64. The number of benzene rings is 3. The Hall–Kier alpha value is -2.62. The van der Waals surface area contributed by atoms with E-state index < -0.39 is 0 Å². The third-order valence-electron chi connectivity index (χ3n) is 5.64. The summed E-state index contributed by atoms with van der Waals surface area (Å²) >= 11 is 0. The van der Waals surface area contributed by atoms with Crippen LogP contribution in [-0.4, -0.2) is 31.1 Å². The van der Waals surface area contributed by atoms with E-state index in [2.05, 4.69) is 89.5 Å². The molecule has 1 atom stereocenters. The molecule has 1 aliphatic rings. The molecule has 0 saturated carbocycles. The first kappa shape index (κ1) is 18.7. The summed E-state index contributed by atoms with van der Waals surface area (Å²) in [5, 5.41) is 0. The van der Waals surface area contributed by atoms with E-state index in [0.717, 1.165) is 38.3 Å². The molecule has 1 saturated heterocycles.